The third-order valence-electron chi connectivity index (χ3n) is 5.88. The number of piperidine rings is 1. The monoisotopic (exact) mass is 398 g/mol. The van der Waals surface area contributed by atoms with Gasteiger partial charge in [0.05, 0.1) is 4.90 Å². The van der Waals surface area contributed by atoms with Crippen LogP contribution in [-0.2, 0) is 15.4 Å². The molecule has 1 heterocycles. The number of carbonyl (C=O) groups is 1. The van der Waals surface area contributed by atoms with Crippen molar-refractivity contribution in [3.8, 4) is 0 Å². The average Bonchev–Trinajstić information content (AvgIpc) is 3.55. The van der Waals surface area contributed by atoms with Crippen LogP contribution in [0.5, 0.6) is 0 Å². The highest BCUT2D eigenvalue weighted by Crippen LogP contribution is 2.47. The SMILES string of the molecule is O=C(NCC1(c2ccccc2)CC1)c1cccc(S(=O)(=O)N2CCCCC2)c1. The third-order valence-corrected chi connectivity index (χ3v) is 7.77. The van der Waals surface area contributed by atoms with Gasteiger partial charge >= 0.3 is 0 Å². The van der Waals surface area contributed by atoms with Gasteiger partial charge in [0.15, 0.2) is 0 Å². The lowest BCUT2D eigenvalue weighted by Crippen LogP contribution is -2.36. The van der Waals surface area contributed by atoms with E-state index in [0.29, 0.717) is 25.2 Å². The molecule has 2 aromatic carbocycles. The molecule has 0 bridgehead atoms. The highest BCUT2D eigenvalue weighted by molar-refractivity contribution is 7.89. The number of hydrogen-bond donors (Lipinski definition) is 1. The topological polar surface area (TPSA) is 66.5 Å². The zero-order valence-corrected chi connectivity index (χ0v) is 16.7. The second kappa shape index (κ2) is 7.68. The number of rotatable bonds is 6. The Bertz CT molecular complexity index is 947. The highest BCUT2D eigenvalue weighted by atomic mass is 32.2. The van der Waals surface area contributed by atoms with E-state index in [1.165, 1.54) is 15.9 Å². The van der Waals surface area contributed by atoms with Crippen LogP contribution in [0.3, 0.4) is 0 Å². The smallest absolute Gasteiger partial charge is 0.251 e. The van der Waals surface area contributed by atoms with Crippen LogP contribution in [0.1, 0.15) is 48.0 Å². The number of benzene rings is 2. The van der Waals surface area contributed by atoms with E-state index in [9.17, 15) is 13.2 Å². The summed E-state index contributed by atoms with van der Waals surface area (Å²) in [6.45, 7) is 1.68. The maximum Gasteiger partial charge on any atom is 0.251 e. The third kappa shape index (κ3) is 3.84. The van der Waals surface area contributed by atoms with Crippen LogP contribution in [0.2, 0.25) is 0 Å². The van der Waals surface area contributed by atoms with Gasteiger partial charge in [0.2, 0.25) is 10.0 Å². The minimum Gasteiger partial charge on any atom is -0.351 e. The van der Waals surface area contributed by atoms with E-state index >= 15 is 0 Å². The van der Waals surface area contributed by atoms with Crippen molar-refractivity contribution < 1.29 is 13.2 Å². The first-order valence-electron chi connectivity index (χ1n) is 9.95. The largest absolute Gasteiger partial charge is 0.351 e. The normalized spacial score (nSPS) is 19.1. The maximum atomic E-state index is 12.9. The van der Waals surface area contributed by atoms with E-state index in [0.717, 1.165) is 32.1 Å². The molecule has 28 heavy (non-hydrogen) atoms. The van der Waals surface area contributed by atoms with Gasteiger partial charge in [0, 0.05) is 30.6 Å². The molecule has 1 aliphatic carbocycles. The maximum absolute atomic E-state index is 12.9. The first kappa shape index (κ1) is 19.2. The van der Waals surface area contributed by atoms with Gasteiger partial charge in [-0.1, -0.05) is 42.8 Å². The van der Waals surface area contributed by atoms with Crippen LogP contribution in [0.25, 0.3) is 0 Å². The minimum absolute atomic E-state index is 0.0222. The van der Waals surface area contributed by atoms with E-state index in [2.05, 4.69) is 17.4 Å². The van der Waals surface area contributed by atoms with Gasteiger partial charge in [0.25, 0.3) is 5.91 Å². The van der Waals surface area contributed by atoms with Crippen molar-refractivity contribution >= 4 is 15.9 Å². The zero-order chi connectivity index (χ0) is 19.6. The first-order chi connectivity index (χ1) is 13.5. The quantitative estimate of drug-likeness (QED) is 0.812. The summed E-state index contributed by atoms with van der Waals surface area (Å²) in [6.07, 6.45) is 4.96. The number of hydrogen-bond acceptors (Lipinski definition) is 3. The molecule has 148 valence electrons. The van der Waals surface area contributed by atoms with E-state index in [-0.39, 0.29) is 16.2 Å². The van der Waals surface area contributed by atoms with E-state index in [1.807, 2.05) is 18.2 Å². The molecule has 2 aliphatic rings. The Kier molecular flexibility index (Phi) is 5.25. The first-order valence-corrected chi connectivity index (χ1v) is 11.4. The lowest BCUT2D eigenvalue weighted by molar-refractivity contribution is 0.0949. The molecule has 5 nitrogen and oxygen atoms in total. The molecular formula is C22H26N2O3S. The van der Waals surface area contributed by atoms with Gasteiger partial charge in [-0.2, -0.15) is 4.31 Å². The van der Waals surface area contributed by atoms with Gasteiger partial charge in [-0.3, -0.25) is 4.79 Å². The van der Waals surface area contributed by atoms with Crippen LogP contribution < -0.4 is 5.32 Å². The number of nitrogens with one attached hydrogen (secondary N) is 1. The summed E-state index contributed by atoms with van der Waals surface area (Å²) in [5.41, 5.74) is 1.66. The lowest BCUT2D eigenvalue weighted by atomic mass is 9.96. The molecule has 6 heteroatoms. The van der Waals surface area contributed by atoms with Gasteiger partial charge in [-0.05, 0) is 49.4 Å². The fourth-order valence-electron chi connectivity index (χ4n) is 3.91. The fraction of sp³-hybridized carbons (Fsp3) is 0.409. The molecular weight excluding hydrogens is 372 g/mol. The van der Waals surface area contributed by atoms with E-state index < -0.39 is 10.0 Å². The minimum atomic E-state index is -3.54. The summed E-state index contributed by atoms with van der Waals surface area (Å²) >= 11 is 0. The van der Waals surface area contributed by atoms with Gasteiger partial charge < -0.3 is 5.32 Å². The molecule has 0 spiro atoms. The van der Waals surface area contributed by atoms with Gasteiger partial charge in [0.1, 0.15) is 0 Å². The summed E-state index contributed by atoms with van der Waals surface area (Å²) in [5.74, 6) is -0.224. The van der Waals surface area contributed by atoms with E-state index in [4.69, 9.17) is 0 Å². The second-order valence-corrected chi connectivity index (χ2v) is 9.76. The van der Waals surface area contributed by atoms with Crippen molar-refractivity contribution in [1.29, 1.82) is 0 Å². The molecule has 2 fully saturated rings. The second-order valence-electron chi connectivity index (χ2n) is 7.82. The van der Waals surface area contributed by atoms with Crippen LogP contribution in [0.4, 0.5) is 0 Å². The van der Waals surface area contributed by atoms with Gasteiger partial charge in [-0.15, -0.1) is 0 Å². The molecule has 1 N–H and O–H groups in total. The number of carbonyl (C=O) groups excluding carboxylic acids is 1. The van der Waals surface area contributed by atoms with Crippen molar-refractivity contribution in [3.05, 3.63) is 65.7 Å². The Morgan fingerprint density at radius 3 is 2.36 bits per heavy atom. The molecule has 1 aliphatic heterocycles. The number of nitrogens with zero attached hydrogens (tertiary/aromatic N) is 1. The summed E-state index contributed by atoms with van der Waals surface area (Å²) in [4.78, 5) is 12.9. The summed E-state index contributed by atoms with van der Waals surface area (Å²) in [7, 11) is -3.54. The molecule has 0 radical (unpaired) electrons. The lowest BCUT2D eigenvalue weighted by Gasteiger charge is -2.26. The Morgan fingerprint density at radius 2 is 1.68 bits per heavy atom. The molecule has 1 amide bonds. The van der Waals surface area contributed by atoms with Crippen LogP contribution in [0.15, 0.2) is 59.5 Å². The zero-order valence-electron chi connectivity index (χ0n) is 15.9. The standard InChI is InChI=1S/C22H26N2O3S/c25-21(23-17-22(12-13-22)19-9-3-1-4-10-19)18-8-7-11-20(16-18)28(26,27)24-14-5-2-6-15-24/h1,3-4,7-11,16H,2,5-6,12-15,17H2,(H,23,25). The molecule has 0 unspecified atom stereocenters. The van der Waals surface area contributed by atoms with Crippen LogP contribution in [-0.4, -0.2) is 38.3 Å². The highest BCUT2D eigenvalue weighted by Gasteiger charge is 2.44. The Labute approximate surface area is 166 Å². The van der Waals surface area contributed by atoms with Crippen molar-refractivity contribution in [3.63, 3.8) is 0 Å². The van der Waals surface area contributed by atoms with E-state index in [1.54, 1.807) is 18.2 Å². The Balaban J connectivity index is 1.46. The van der Waals surface area contributed by atoms with Crippen molar-refractivity contribution in [2.75, 3.05) is 19.6 Å². The van der Waals surface area contributed by atoms with Crippen molar-refractivity contribution in [1.82, 2.24) is 9.62 Å². The molecule has 0 aromatic heterocycles. The van der Waals surface area contributed by atoms with Crippen molar-refractivity contribution in [2.45, 2.75) is 42.4 Å². The van der Waals surface area contributed by atoms with Crippen molar-refractivity contribution in [2.24, 2.45) is 0 Å². The predicted octanol–water partition coefficient (Wildman–Crippen LogP) is 3.32. The molecule has 1 saturated heterocycles. The van der Waals surface area contributed by atoms with Crippen LogP contribution >= 0.6 is 0 Å². The predicted molar refractivity (Wildman–Crippen MR) is 109 cm³/mol. The van der Waals surface area contributed by atoms with Gasteiger partial charge in [-0.25, -0.2) is 8.42 Å². The van der Waals surface area contributed by atoms with Crippen LogP contribution in [0, 0.1) is 0 Å². The Morgan fingerprint density at radius 1 is 0.964 bits per heavy atom. The fourth-order valence-corrected chi connectivity index (χ4v) is 5.48. The number of amides is 1. The molecule has 2 aromatic rings. The average molecular weight is 399 g/mol. The molecule has 0 atom stereocenters. The summed E-state index contributed by atoms with van der Waals surface area (Å²) in [6, 6.07) is 16.6. The number of sulfonamides is 1. The Hall–Kier alpha value is -2.18. The summed E-state index contributed by atoms with van der Waals surface area (Å²) in [5, 5.41) is 3.01. The molecule has 4 rings (SSSR count). The molecule has 1 saturated carbocycles. The summed E-state index contributed by atoms with van der Waals surface area (Å²) < 4.78 is 27.3.